The molecule has 9 nitrogen and oxygen atoms in total. The number of rotatable bonds is 7. The Morgan fingerprint density at radius 2 is 1.94 bits per heavy atom. The van der Waals surface area contributed by atoms with Crippen molar-refractivity contribution in [2.24, 2.45) is 5.73 Å². The molecular weight excluding hydrogens is 442 g/mol. The van der Waals surface area contributed by atoms with Crippen LogP contribution >= 0.6 is 0 Å². The highest BCUT2D eigenvalue weighted by Gasteiger charge is 2.57. The monoisotopic (exact) mass is 481 g/mol. The van der Waals surface area contributed by atoms with E-state index in [4.69, 9.17) is 24.4 Å². The molecule has 1 aromatic rings. The molecule has 5 atom stereocenters. The first-order valence-electron chi connectivity index (χ1n) is 11.4. The van der Waals surface area contributed by atoms with Gasteiger partial charge in [-0.15, -0.1) is 0 Å². The molecule has 3 heterocycles. The number of aliphatic hydroxyl groups excluding tert-OH is 1. The van der Waals surface area contributed by atoms with Gasteiger partial charge in [-0.05, 0) is 45.8 Å². The van der Waals surface area contributed by atoms with Crippen LogP contribution in [0.25, 0.3) is 0 Å². The molecule has 186 valence electrons. The zero-order chi connectivity index (χ0) is 24.9. The Balaban J connectivity index is 1.96. The Kier molecular flexibility index (Phi) is 7.03. The third kappa shape index (κ3) is 5.26. The van der Waals surface area contributed by atoms with Crippen LogP contribution in [0.2, 0.25) is 18.1 Å². The summed E-state index contributed by atoms with van der Waals surface area (Å²) in [5.74, 6) is -1.53. The van der Waals surface area contributed by atoms with Crippen LogP contribution in [0.5, 0.6) is 0 Å². The molecule has 0 aromatic carbocycles. The average molecular weight is 482 g/mol. The van der Waals surface area contributed by atoms with Crippen LogP contribution in [0, 0.1) is 0 Å². The van der Waals surface area contributed by atoms with Crippen molar-refractivity contribution in [1.29, 1.82) is 0 Å². The fourth-order valence-corrected chi connectivity index (χ4v) is 4.99. The standard InChI is InChI=1S/C23H39N3O6Si/c1-13(2)10-14(27)17-16(20(24)28)25-12-26(17)21-19-18(31-23(6,7)32-19)15(30-21)11-29-33(8,9)22(3,4)5/h10,12,14-15,18-19,21,27H,11H2,1-9H3,(H2,24,28)/t14?,15-,18-,19-,21-/m1/s1. The van der Waals surface area contributed by atoms with E-state index in [1.807, 2.05) is 27.7 Å². The topological polar surface area (TPSA) is 118 Å². The number of nitrogens with two attached hydrogens (primary N) is 1. The van der Waals surface area contributed by atoms with E-state index in [1.165, 1.54) is 6.33 Å². The first-order valence-corrected chi connectivity index (χ1v) is 14.3. The predicted octanol–water partition coefficient (Wildman–Crippen LogP) is 3.42. The molecule has 2 aliphatic heterocycles. The van der Waals surface area contributed by atoms with Crippen LogP contribution in [0.15, 0.2) is 18.0 Å². The molecule has 2 saturated heterocycles. The highest BCUT2D eigenvalue weighted by atomic mass is 28.4. The van der Waals surface area contributed by atoms with Crippen LogP contribution in [-0.4, -0.2) is 59.6 Å². The molecule has 0 aliphatic carbocycles. The van der Waals surface area contributed by atoms with Crippen LogP contribution in [0.1, 0.15) is 77.0 Å². The summed E-state index contributed by atoms with van der Waals surface area (Å²) >= 11 is 0. The summed E-state index contributed by atoms with van der Waals surface area (Å²) in [6.07, 6.45) is 0.123. The van der Waals surface area contributed by atoms with Gasteiger partial charge in [0.25, 0.3) is 5.91 Å². The van der Waals surface area contributed by atoms with Crippen molar-refractivity contribution < 1.29 is 28.5 Å². The summed E-state index contributed by atoms with van der Waals surface area (Å²) in [4.78, 5) is 16.2. The van der Waals surface area contributed by atoms with Crippen molar-refractivity contribution in [3.05, 3.63) is 29.4 Å². The maximum absolute atomic E-state index is 12.0. The molecule has 0 saturated carbocycles. The van der Waals surface area contributed by atoms with Crippen LogP contribution in [-0.2, 0) is 18.6 Å². The molecule has 2 fully saturated rings. The molecule has 10 heteroatoms. The summed E-state index contributed by atoms with van der Waals surface area (Å²) < 4.78 is 26.9. The van der Waals surface area contributed by atoms with E-state index in [2.05, 4.69) is 38.8 Å². The van der Waals surface area contributed by atoms with Crippen molar-refractivity contribution in [1.82, 2.24) is 9.55 Å². The van der Waals surface area contributed by atoms with Crippen molar-refractivity contribution in [3.8, 4) is 0 Å². The molecule has 0 radical (unpaired) electrons. The Morgan fingerprint density at radius 3 is 2.48 bits per heavy atom. The molecule has 1 unspecified atom stereocenters. The van der Waals surface area contributed by atoms with Crippen molar-refractivity contribution in [2.75, 3.05) is 6.61 Å². The zero-order valence-corrected chi connectivity index (χ0v) is 22.2. The fourth-order valence-electron chi connectivity index (χ4n) is 3.97. The predicted molar refractivity (Wildman–Crippen MR) is 126 cm³/mol. The van der Waals surface area contributed by atoms with Gasteiger partial charge >= 0.3 is 0 Å². The Morgan fingerprint density at radius 1 is 1.33 bits per heavy atom. The van der Waals surface area contributed by atoms with Gasteiger partial charge in [0.05, 0.1) is 18.6 Å². The second-order valence-electron chi connectivity index (χ2n) is 11.1. The lowest BCUT2D eigenvalue weighted by Crippen LogP contribution is -2.44. The maximum atomic E-state index is 12.0. The summed E-state index contributed by atoms with van der Waals surface area (Å²) in [6.45, 7) is 18.7. The third-order valence-corrected chi connectivity index (χ3v) is 11.2. The lowest BCUT2D eigenvalue weighted by Gasteiger charge is -2.37. The van der Waals surface area contributed by atoms with Gasteiger partial charge in [0, 0.05) is 0 Å². The summed E-state index contributed by atoms with van der Waals surface area (Å²) in [7, 11) is -2.02. The van der Waals surface area contributed by atoms with E-state index in [0.717, 1.165) is 5.57 Å². The van der Waals surface area contributed by atoms with Crippen LogP contribution in [0.3, 0.4) is 0 Å². The van der Waals surface area contributed by atoms with E-state index in [0.29, 0.717) is 6.61 Å². The van der Waals surface area contributed by atoms with Gasteiger partial charge in [-0.3, -0.25) is 4.79 Å². The Hall–Kier alpha value is -1.56. The number of aliphatic hydroxyl groups is 1. The largest absolute Gasteiger partial charge is 0.414 e. The highest BCUT2D eigenvalue weighted by Crippen LogP contribution is 2.45. The third-order valence-electron chi connectivity index (χ3n) is 6.65. The van der Waals surface area contributed by atoms with E-state index in [-0.39, 0.29) is 28.6 Å². The van der Waals surface area contributed by atoms with Gasteiger partial charge in [-0.2, -0.15) is 0 Å². The van der Waals surface area contributed by atoms with Crippen LogP contribution < -0.4 is 5.73 Å². The summed E-state index contributed by atoms with van der Waals surface area (Å²) in [5, 5.41) is 10.9. The Bertz CT molecular complexity index is 916. The van der Waals surface area contributed by atoms with E-state index >= 15 is 0 Å². The number of imidazole rings is 1. The first kappa shape index (κ1) is 26.0. The molecule has 33 heavy (non-hydrogen) atoms. The second-order valence-corrected chi connectivity index (χ2v) is 15.9. The smallest absolute Gasteiger partial charge is 0.269 e. The van der Waals surface area contributed by atoms with E-state index in [9.17, 15) is 9.90 Å². The normalized spacial score (nSPS) is 27.9. The minimum Gasteiger partial charge on any atom is -0.414 e. The van der Waals surface area contributed by atoms with Crippen molar-refractivity contribution >= 4 is 14.2 Å². The molecule has 3 N–H and O–H groups in total. The number of fused-ring (bicyclic) bond motifs is 1. The molecule has 0 bridgehead atoms. The van der Waals surface area contributed by atoms with Gasteiger partial charge in [0.15, 0.2) is 26.0 Å². The number of ether oxygens (including phenoxy) is 3. The minimum absolute atomic E-state index is 0.000649. The SMILES string of the molecule is CC(C)=CC(O)c1c(C(N)=O)ncn1[C@@H]1O[C@H](CO[Si](C)(C)C(C)(C)C)[C@H]2OC(C)(C)O[C@H]21. The first-order chi connectivity index (χ1) is 15.0. The van der Waals surface area contributed by atoms with E-state index in [1.54, 1.807) is 10.6 Å². The number of hydrogen-bond donors (Lipinski definition) is 2. The molecule has 2 aliphatic rings. The van der Waals surface area contributed by atoms with Gasteiger partial charge in [0.1, 0.15) is 24.4 Å². The van der Waals surface area contributed by atoms with Gasteiger partial charge in [0.2, 0.25) is 0 Å². The number of hydrogen-bond acceptors (Lipinski definition) is 7. The van der Waals surface area contributed by atoms with Crippen molar-refractivity contribution in [2.45, 2.75) is 103 Å². The number of amides is 1. The minimum atomic E-state index is -2.02. The number of primary amides is 1. The quantitative estimate of drug-likeness (QED) is 0.452. The molecule has 0 spiro atoms. The Labute approximate surface area is 197 Å². The fraction of sp³-hybridized carbons (Fsp3) is 0.739. The number of allylic oxidation sites excluding steroid dienone is 1. The summed E-state index contributed by atoms with van der Waals surface area (Å²) in [5.41, 5.74) is 6.71. The molecule has 1 amide bonds. The van der Waals surface area contributed by atoms with Gasteiger partial charge in [-0.25, -0.2) is 4.98 Å². The van der Waals surface area contributed by atoms with E-state index < -0.39 is 38.4 Å². The van der Waals surface area contributed by atoms with Crippen molar-refractivity contribution in [3.63, 3.8) is 0 Å². The molecule has 3 rings (SSSR count). The summed E-state index contributed by atoms with van der Waals surface area (Å²) in [6, 6.07) is 0. The molecular formula is C23H39N3O6Si. The molecule has 1 aromatic heterocycles. The zero-order valence-electron chi connectivity index (χ0n) is 21.2. The number of carbonyl (C=O) groups excluding carboxylic acids is 1. The number of nitrogens with zero attached hydrogens (tertiary/aromatic N) is 2. The lowest BCUT2D eigenvalue weighted by molar-refractivity contribution is -0.200. The van der Waals surface area contributed by atoms with Crippen LogP contribution in [0.4, 0.5) is 0 Å². The van der Waals surface area contributed by atoms with Gasteiger partial charge in [-0.1, -0.05) is 32.4 Å². The number of aromatic nitrogens is 2. The van der Waals surface area contributed by atoms with Gasteiger partial charge < -0.3 is 34.0 Å². The maximum Gasteiger partial charge on any atom is 0.269 e. The average Bonchev–Trinajstić information content (AvgIpc) is 3.29. The highest BCUT2D eigenvalue weighted by molar-refractivity contribution is 6.74. The lowest BCUT2D eigenvalue weighted by atomic mass is 10.1. The second kappa shape index (κ2) is 8.90. The number of carbonyl (C=O) groups is 1.